The molecule has 14 heavy (non-hydrogen) atoms. The van der Waals surface area contributed by atoms with Gasteiger partial charge in [0.1, 0.15) is 0 Å². The van der Waals surface area contributed by atoms with Crippen LogP contribution in [0.5, 0.6) is 0 Å². The van der Waals surface area contributed by atoms with Crippen LogP contribution >= 0.6 is 33.2 Å². The summed E-state index contributed by atoms with van der Waals surface area (Å²) in [7, 11) is 5.86. The zero-order chi connectivity index (χ0) is 12.7. The van der Waals surface area contributed by atoms with Gasteiger partial charge in [-0.05, 0) is 60.0 Å². The zero-order valence-electron chi connectivity index (χ0n) is 11.1. The fraction of sp³-hybridized carbons (Fsp3) is 1.00. The van der Waals surface area contributed by atoms with E-state index in [1.165, 1.54) is 0 Å². The predicted octanol–water partition coefficient (Wildman–Crippen LogP) is 4.76. The van der Waals surface area contributed by atoms with Crippen LogP contribution in [0.2, 0.25) is 0 Å². The van der Waals surface area contributed by atoms with Gasteiger partial charge in [0, 0.05) is 0 Å². The van der Waals surface area contributed by atoms with Crippen molar-refractivity contribution in [3.63, 3.8) is 0 Å². The van der Waals surface area contributed by atoms with Crippen molar-refractivity contribution in [3.8, 4) is 0 Å². The Labute approximate surface area is 111 Å². The Morgan fingerprint density at radius 3 is 0.500 bits per heavy atom. The summed E-state index contributed by atoms with van der Waals surface area (Å²) in [6.07, 6.45) is 0. The molecule has 0 aliphatic rings. The molecule has 0 atom stereocenters. The summed E-state index contributed by atoms with van der Waals surface area (Å²) in [5.41, 5.74) is 0. The first-order valence-corrected chi connectivity index (χ1v) is 15.9. The van der Waals surface area contributed by atoms with Gasteiger partial charge in [-0.15, -0.1) is 23.8 Å². The van der Waals surface area contributed by atoms with E-state index >= 15 is 0 Å². The number of hydrogen-bond acceptors (Lipinski definition) is 0. The van der Waals surface area contributed by atoms with Crippen molar-refractivity contribution in [1.29, 1.82) is 0 Å². The average Bonchev–Trinajstić information content (AvgIpc) is 1.86. The van der Waals surface area contributed by atoms with E-state index in [1.54, 1.807) is 0 Å². The van der Waals surface area contributed by atoms with Gasteiger partial charge in [-0.2, -0.15) is 0 Å². The molecule has 0 N–H and O–H groups in total. The molecule has 0 nitrogen and oxygen atoms in total. The molecule has 0 fully saturated rings. The molecule has 5 heteroatoms. The van der Waals surface area contributed by atoms with Crippen molar-refractivity contribution >= 4 is 33.2 Å². The van der Waals surface area contributed by atoms with Gasteiger partial charge in [-0.3, -0.25) is 0 Å². The predicted molar refractivity (Wildman–Crippen MR) is 79.9 cm³/mol. The Morgan fingerprint density at radius 1 is 0.500 bits per heavy atom. The Balaban J connectivity index is -0.0000000492. The molecule has 0 rings (SSSR count). The maximum atomic E-state index is 4.72. The van der Waals surface area contributed by atoms with Crippen LogP contribution in [0.3, 0.4) is 0 Å². The molecule has 0 saturated carbocycles. The summed E-state index contributed by atoms with van der Waals surface area (Å²) >= 11 is 1.06. The zero-order valence-corrected chi connectivity index (χ0v) is 17.5. The summed E-state index contributed by atoms with van der Waals surface area (Å²) < 4.78 is 0. The van der Waals surface area contributed by atoms with E-state index in [4.69, 9.17) is 9.42 Å². The van der Waals surface area contributed by atoms with E-state index in [0.717, 1.165) is 18.8 Å². The van der Waals surface area contributed by atoms with Crippen molar-refractivity contribution in [2.24, 2.45) is 0 Å². The maximum absolute atomic E-state index is 4.72. The molecule has 0 spiro atoms. The van der Waals surface area contributed by atoms with Crippen LogP contribution in [-0.4, -0.2) is 60.0 Å². The monoisotopic (exact) mass is 447 g/mol. The molecular formula is C9H27ClP3W. The third kappa shape index (κ3) is 488. The van der Waals surface area contributed by atoms with Gasteiger partial charge < -0.3 is 0 Å². The van der Waals surface area contributed by atoms with Gasteiger partial charge in [0.05, 0.1) is 0 Å². The molecule has 0 aliphatic heterocycles. The van der Waals surface area contributed by atoms with E-state index in [-0.39, 0.29) is 0 Å². The number of hydrogen-bond donors (Lipinski definition) is 0. The van der Waals surface area contributed by atoms with E-state index < -0.39 is 0 Å². The third-order valence-electron chi connectivity index (χ3n) is 0. The third-order valence-corrected chi connectivity index (χ3v) is 0. The molecule has 0 saturated heterocycles. The second kappa shape index (κ2) is 24.5. The van der Waals surface area contributed by atoms with Gasteiger partial charge in [0.25, 0.3) is 0 Å². The van der Waals surface area contributed by atoms with Crippen LogP contribution < -0.4 is 0 Å². The molecule has 0 heterocycles. The number of rotatable bonds is 0. The standard InChI is InChI=1S/3C3H9P.ClH.W/c3*1-4(2)3;;/h3*1-3H3;1H;/q;;;;+1/p-1. The summed E-state index contributed by atoms with van der Waals surface area (Å²) in [6, 6.07) is 0. The summed E-state index contributed by atoms with van der Waals surface area (Å²) in [5, 5.41) is 0. The minimum absolute atomic E-state index is 0.380. The molecule has 0 bridgehead atoms. The van der Waals surface area contributed by atoms with Crippen molar-refractivity contribution in [2.45, 2.75) is 0 Å². The SMILES string of the molecule is CP(C)C.CP(C)C.CP(C)C.[Cl][W]. The quantitative estimate of drug-likeness (QED) is 0.470. The second-order valence-electron chi connectivity index (χ2n) is 4.02. The molecule has 0 aromatic heterocycles. The van der Waals surface area contributed by atoms with Crippen LogP contribution in [0.1, 0.15) is 0 Å². The average molecular weight is 448 g/mol. The first-order valence-electron chi connectivity index (χ1n) is 4.18. The summed E-state index contributed by atoms with van der Waals surface area (Å²) in [5.74, 6) is 0. The Kier molecular flexibility index (Phi) is 44.1. The van der Waals surface area contributed by atoms with Crippen molar-refractivity contribution in [1.82, 2.24) is 0 Å². The van der Waals surface area contributed by atoms with Crippen molar-refractivity contribution < 1.29 is 18.8 Å². The molecule has 0 amide bonds. The van der Waals surface area contributed by atoms with Crippen LogP contribution in [0.25, 0.3) is 0 Å². The van der Waals surface area contributed by atoms with Crippen molar-refractivity contribution in [3.05, 3.63) is 0 Å². The van der Waals surface area contributed by atoms with Gasteiger partial charge >= 0.3 is 28.2 Å². The molecule has 0 radical (unpaired) electrons. The van der Waals surface area contributed by atoms with Crippen LogP contribution in [0.15, 0.2) is 0 Å². The fourth-order valence-electron chi connectivity index (χ4n) is 0. The molecule has 0 aromatic rings. The molecule has 0 aliphatic carbocycles. The van der Waals surface area contributed by atoms with E-state index in [9.17, 15) is 0 Å². The van der Waals surface area contributed by atoms with Gasteiger partial charge in [-0.1, -0.05) is 0 Å². The topological polar surface area (TPSA) is 0 Å². The van der Waals surface area contributed by atoms with E-state index in [1.807, 2.05) is 0 Å². The minimum atomic E-state index is 0.380. The first kappa shape index (κ1) is 25.2. The fourth-order valence-corrected chi connectivity index (χ4v) is 0. The molecule has 91 valence electrons. The van der Waals surface area contributed by atoms with Gasteiger partial charge in [0.2, 0.25) is 0 Å². The Morgan fingerprint density at radius 2 is 0.500 bits per heavy atom. The van der Waals surface area contributed by atoms with Gasteiger partial charge in [-0.25, -0.2) is 0 Å². The summed E-state index contributed by atoms with van der Waals surface area (Å²) in [4.78, 5) is 0. The molecule has 0 unspecified atom stereocenters. The summed E-state index contributed by atoms with van der Waals surface area (Å²) in [6.45, 7) is 20.1. The second-order valence-corrected chi connectivity index (χ2v) is 12.1. The Hall–Kier alpha value is 2.27. The van der Waals surface area contributed by atoms with Gasteiger partial charge in [0.15, 0.2) is 0 Å². The van der Waals surface area contributed by atoms with Crippen molar-refractivity contribution in [2.75, 3.05) is 60.0 Å². The van der Waals surface area contributed by atoms with Crippen LogP contribution in [0, 0.1) is 0 Å². The molecule has 0 aromatic carbocycles. The van der Waals surface area contributed by atoms with Crippen LogP contribution in [0.4, 0.5) is 0 Å². The molecular weight excluding hydrogens is 420 g/mol. The van der Waals surface area contributed by atoms with E-state index in [0.29, 0.717) is 23.8 Å². The normalized spacial score (nSPS) is 8.07. The Bertz CT molecular complexity index is 48.5. The number of halogens is 1. The van der Waals surface area contributed by atoms with E-state index in [2.05, 4.69) is 60.0 Å². The van der Waals surface area contributed by atoms with Crippen LogP contribution in [-0.2, 0) is 18.8 Å². The first-order chi connectivity index (χ1) is 6.20.